The molecule has 1 nitrogen and oxygen atoms in total. The summed E-state index contributed by atoms with van der Waals surface area (Å²) in [7, 11) is -1.52. The highest BCUT2D eigenvalue weighted by molar-refractivity contribution is 14.1. The highest BCUT2D eigenvalue weighted by Crippen LogP contribution is 2.40. The summed E-state index contributed by atoms with van der Waals surface area (Å²) in [5.41, 5.74) is 0. The van der Waals surface area contributed by atoms with Crippen molar-refractivity contribution in [3.8, 4) is 0 Å². The van der Waals surface area contributed by atoms with Gasteiger partial charge in [-0.25, -0.2) is 0 Å². The summed E-state index contributed by atoms with van der Waals surface area (Å²) in [6.45, 7) is 11.7. The SMILES string of the molecule is CC(C)(C)[Si](C)(C)O[C@H]1CCC[C@@H]1I. The molecule has 14 heavy (non-hydrogen) atoms. The highest BCUT2D eigenvalue weighted by Gasteiger charge is 2.41. The van der Waals surface area contributed by atoms with Crippen molar-refractivity contribution in [1.82, 2.24) is 0 Å². The van der Waals surface area contributed by atoms with Crippen molar-refractivity contribution in [3.05, 3.63) is 0 Å². The van der Waals surface area contributed by atoms with E-state index >= 15 is 0 Å². The van der Waals surface area contributed by atoms with Crippen LogP contribution in [0, 0.1) is 0 Å². The molecule has 0 spiro atoms. The van der Waals surface area contributed by atoms with Crippen molar-refractivity contribution < 1.29 is 4.43 Å². The number of halogens is 1. The van der Waals surface area contributed by atoms with Gasteiger partial charge in [-0.1, -0.05) is 43.4 Å². The fraction of sp³-hybridized carbons (Fsp3) is 1.00. The summed E-state index contributed by atoms with van der Waals surface area (Å²) in [5.74, 6) is 0. The number of hydrogen-bond donors (Lipinski definition) is 0. The van der Waals surface area contributed by atoms with Crippen LogP contribution in [0.3, 0.4) is 0 Å². The molecule has 0 aliphatic heterocycles. The molecule has 0 aromatic carbocycles. The van der Waals surface area contributed by atoms with Crippen LogP contribution in [-0.4, -0.2) is 18.3 Å². The third kappa shape index (κ3) is 2.95. The van der Waals surface area contributed by atoms with Crippen molar-refractivity contribution in [3.63, 3.8) is 0 Å². The summed E-state index contributed by atoms with van der Waals surface area (Å²) in [5, 5.41) is 0.353. The maximum atomic E-state index is 6.41. The molecule has 0 heterocycles. The molecule has 0 amide bonds. The summed E-state index contributed by atoms with van der Waals surface area (Å²) in [4.78, 5) is 0. The maximum Gasteiger partial charge on any atom is 0.192 e. The van der Waals surface area contributed by atoms with E-state index in [-0.39, 0.29) is 0 Å². The predicted octanol–water partition coefficient (Wildman–Crippen LogP) is 4.36. The molecule has 3 heteroatoms. The van der Waals surface area contributed by atoms with E-state index in [0.717, 1.165) is 3.92 Å². The standard InChI is InChI=1S/C11H23IOSi/c1-11(2,3)14(4,5)13-10-8-6-7-9(10)12/h9-10H,6-8H2,1-5H3/t9-,10-/m0/s1. The number of alkyl halides is 1. The number of rotatable bonds is 2. The second kappa shape index (κ2) is 4.42. The average molecular weight is 326 g/mol. The Hall–Kier alpha value is 0.907. The van der Waals surface area contributed by atoms with Gasteiger partial charge in [0.05, 0.1) is 6.10 Å². The van der Waals surface area contributed by atoms with Crippen LogP contribution in [-0.2, 0) is 4.43 Å². The zero-order chi connectivity index (χ0) is 11.0. The minimum absolute atomic E-state index is 0.353. The van der Waals surface area contributed by atoms with Gasteiger partial charge in [0.25, 0.3) is 0 Å². The maximum absolute atomic E-state index is 6.41. The molecule has 1 saturated carbocycles. The summed E-state index contributed by atoms with van der Waals surface area (Å²) in [6, 6.07) is 0. The second-order valence-corrected chi connectivity index (χ2v) is 12.2. The van der Waals surface area contributed by atoms with E-state index in [1.807, 2.05) is 0 Å². The molecule has 0 N–H and O–H groups in total. The van der Waals surface area contributed by atoms with E-state index in [0.29, 0.717) is 11.1 Å². The molecule has 84 valence electrons. The van der Waals surface area contributed by atoms with Crippen molar-refractivity contribution in [2.45, 2.75) is 68.2 Å². The molecule has 0 aromatic rings. The molecule has 1 aliphatic rings. The fourth-order valence-corrected chi connectivity index (χ4v) is 4.19. The van der Waals surface area contributed by atoms with E-state index in [2.05, 4.69) is 56.5 Å². The highest BCUT2D eigenvalue weighted by atomic mass is 127. The largest absolute Gasteiger partial charge is 0.413 e. The van der Waals surface area contributed by atoms with Gasteiger partial charge in [-0.2, -0.15) is 0 Å². The second-order valence-electron chi connectivity index (χ2n) is 5.86. The van der Waals surface area contributed by atoms with Crippen molar-refractivity contribution in [1.29, 1.82) is 0 Å². The lowest BCUT2D eigenvalue weighted by Crippen LogP contribution is -2.44. The van der Waals surface area contributed by atoms with Crippen LogP contribution in [0.25, 0.3) is 0 Å². The van der Waals surface area contributed by atoms with Crippen LogP contribution < -0.4 is 0 Å². The summed E-state index contributed by atoms with van der Waals surface area (Å²) in [6.07, 6.45) is 4.52. The summed E-state index contributed by atoms with van der Waals surface area (Å²) < 4.78 is 7.16. The van der Waals surface area contributed by atoms with Gasteiger partial charge in [-0.15, -0.1) is 0 Å². The molecule has 1 fully saturated rings. The Morgan fingerprint density at radius 2 is 1.79 bits per heavy atom. The fourth-order valence-electron chi connectivity index (χ4n) is 1.57. The molecule has 1 aliphatic carbocycles. The monoisotopic (exact) mass is 326 g/mol. The van der Waals surface area contributed by atoms with Gasteiger partial charge in [-0.05, 0) is 37.4 Å². The first-order chi connectivity index (χ1) is 6.24. The third-order valence-corrected chi connectivity index (χ3v) is 9.55. The Labute approximate surface area is 103 Å². The van der Waals surface area contributed by atoms with Gasteiger partial charge in [0.15, 0.2) is 8.32 Å². The molecule has 0 saturated heterocycles. The Bertz CT molecular complexity index is 198. The van der Waals surface area contributed by atoms with Crippen LogP contribution in [0.5, 0.6) is 0 Å². The van der Waals surface area contributed by atoms with E-state index in [1.54, 1.807) is 0 Å². The first kappa shape index (κ1) is 13.0. The lowest BCUT2D eigenvalue weighted by molar-refractivity contribution is 0.196. The Morgan fingerprint density at radius 3 is 2.14 bits per heavy atom. The van der Waals surface area contributed by atoms with Crippen LogP contribution in [0.1, 0.15) is 40.0 Å². The molecular weight excluding hydrogens is 303 g/mol. The van der Waals surface area contributed by atoms with Gasteiger partial charge < -0.3 is 4.43 Å². The molecule has 0 unspecified atom stereocenters. The summed E-state index contributed by atoms with van der Waals surface area (Å²) >= 11 is 2.56. The van der Waals surface area contributed by atoms with Crippen LogP contribution in [0.2, 0.25) is 18.1 Å². The Kier molecular flexibility index (Phi) is 4.09. The molecule has 2 atom stereocenters. The van der Waals surface area contributed by atoms with Gasteiger partial charge in [0.1, 0.15) is 0 Å². The minimum atomic E-state index is -1.52. The van der Waals surface area contributed by atoms with Gasteiger partial charge in [-0.3, -0.25) is 0 Å². The molecule has 0 aromatic heterocycles. The molecule has 0 bridgehead atoms. The van der Waals surface area contributed by atoms with Crippen molar-refractivity contribution in [2.75, 3.05) is 0 Å². The molecule has 1 rings (SSSR count). The zero-order valence-electron chi connectivity index (χ0n) is 10.1. The van der Waals surface area contributed by atoms with Crippen LogP contribution >= 0.6 is 22.6 Å². The Balaban J connectivity index is 2.58. The van der Waals surface area contributed by atoms with Gasteiger partial charge in [0, 0.05) is 3.92 Å². The first-order valence-corrected chi connectivity index (χ1v) is 9.71. The quantitative estimate of drug-likeness (QED) is 0.416. The molecule has 0 radical (unpaired) electrons. The van der Waals surface area contributed by atoms with Crippen LogP contribution in [0.15, 0.2) is 0 Å². The lowest BCUT2D eigenvalue weighted by atomic mass is 10.2. The third-order valence-electron chi connectivity index (χ3n) is 3.62. The van der Waals surface area contributed by atoms with Gasteiger partial charge >= 0.3 is 0 Å². The zero-order valence-corrected chi connectivity index (χ0v) is 13.2. The molecular formula is C11H23IOSi. The predicted molar refractivity (Wildman–Crippen MR) is 73.7 cm³/mol. The Morgan fingerprint density at radius 1 is 1.21 bits per heavy atom. The normalized spacial score (nSPS) is 29.6. The van der Waals surface area contributed by atoms with E-state index < -0.39 is 8.32 Å². The minimum Gasteiger partial charge on any atom is -0.413 e. The van der Waals surface area contributed by atoms with Crippen molar-refractivity contribution in [2.24, 2.45) is 0 Å². The van der Waals surface area contributed by atoms with Crippen molar-refractivity contribution >= 4 is 30.9 Å². The lowest BCUT2D eigenvalue weighted by Gasteiger charge is -2.39. The van der Waals surface area contributed by atoms with Crippen LogP contribution in [0.4, 0.5) is 0 Å². The topological polar surface area (TPSA) is 9.23 Å². The first-order valence-electron chi connectivity index (χ1n) is 5.56. The van der Waals surface area contributed by atoms with Gasteiger partial charge in [0.2, 0.25) is 0 Å². The van der Waals surface area contributed by atoms with E-state index in [4.69, 9.17) is 4.43 Å². The van der Waals surface area contributed by atoms with E-state index in [9.17, 15) is 0 Å². The smallest absolute Gasteiger partial charge is 0.192 e. The number of hydrogen-bond acceptors (Lipinski definition) is 1. The van der Waals surface area contributed by atoms with E-state index in [1.165, 1.54) is 19.3 Å². The average Bonchev–Trinajstić information content (AvgIpc) is 2.33.